The van der Waals surface area contributed by atoms with Crippen LogP contribution in [0.4, 0.5) is 14.5 Å². The van der Waals surface area contributed by atoms with Gasteiger partial charge in [0.05, 0.1) is 0 Å². The molecule has 0 spiro atoms. The number of halogens is 2. The van der Waals surface area contributed by atoms with Crippen molar-refractivity contribution in [1.82, 2.24) is 4.90 Å². The topological polar surface area (TPSA) is 23.6 Å². The summed E-state index contributed by atoms with van der Waals surface area (Å²) in [5.41, 5.74) is 0.0152. The van der Waals surface area contributed by atoms with E-state index in [9.17, 15) is 13.6 Å². The first-order chi connectivity index (χ1) is 9.56. The maximum absolute atomic E-state index is 14.0. The number of aldehydes is 1. The van der Waals surface area contributed by atoms with Crippen molar-refractivity contribution in [3.05, 3.63) is 29.3 Å². The Kier molecular flexibility index (Phi) is 4.70. The fourth-order valence-electron chi connectivity index (χ4n) is 2.60. The quantitative estimate of drug-likeness (QED) is 0.793. The number of rotatable bonds is 4. The Hall–Kier alpha value is -1.49. The maximum atomic E-state index is 14.0. The van der Waals surface area contributed by atoms with Crippen LogP contribution in [0.1, 0.15) is 30.6 Å². The van der Waals surface area contributed by atoms with Crippen molar-refractivity contribution in [2.45, 2.75) is 26.3 Å². The molecule has 0 amide bonds. The van der Waals surface area contributed by atoms with Crippen LogP contribution >= 0.6 is 0 Å². The molecule has 1 fully saturated rings. The molecular formula is C15H20F2N2O. The fraction of sp³-hybridized carbons (Fsp3) is 0.533. The molecule has 3 nitrogen and oxygen atoms in total. The van der Waals surface area contributed by atoms with Crippen LogP contribution in [0.5, 0.6) is 0 Å². The van der Waals surface area contributed by atoms with Gasteiger partial charge in [-0.05, 0) is 25.5 Å². The molecule has 0 bridgehead atoms. The summed E-state index contributed by atoms with van der Waals surface area (Å²) in [5.74, 6) is -1.33. The van der Waals surface area contributed by atoms with Gasteiger partial charge in [-0.15, -0.1) is 0 Å². The van der Waals surface area contributed by atoms with Crippen molar-refractivity contribution in [1.29, 1.82) is 0 Å². The monoisotopic (exact) mass is 282 g/mol. The first-order valence-electron chi connectivity index (χ1n) is 7.00. The first kappa shape index (κ1) is 14.9. The zero-order valence-corrected chi connectivity index (χ0v) is 11.9. The van der Waals surface area contributed by atoms with Gasteiger partial charge in [0.1, 0.15) is 23.6 Å². The van der Waals surface area contributed by atoms with Crippen LogP contribution in [0.15, 0.2) is 12.1 Å². The molecule has 1 atom stereocenters. The number of nitrogens with zero attached hydrogens (tertiary/aromatic N) is 2. The second kappa shape index (κ2) is 6.31. The molecule has 0 aliphatic carbocycles. The van der Waals surface area contributed by atoms with Crippen LogP contribution in [0.25, 0.3) is 0 Å². The number of piperazine rings is 1. The van der Waals surface area contributed by atoms with Gasteiger partial charge in [0.2, 0.25) is 0 Å². The van der Waals surface area contributed by atoms with Gasteiger partial charge in [0.25, 0.3) is 0 Å². The molecular weight excluding hydrogens is 262 g/mol. The third-order valence-electron chi connectivity index (χ3n) is 4.02. The minimum Gasteiger partial charge on any atom is -0.364 e. The fourth-order valence-corrected chi connectivity index (χ4v) is 2.60. The molecule has 1 aliphatic rings. The van der Waals surface area contributed by atoms with Crippen LogP contribution in [0.3, 0.4) is 0 Å². The predicted molar refractivity (Wildman–Crippen MR) is 75.3 cm³/mol. The molecule has 20 heavy (non-hydrogen) atoms. The van der Waals surface area contributed by atoms with Crippen LogP contribution < -0.4 is 4.90 Å². The minimum absolute atomic E-state index is 0.0144. The average molecular weight is 282 g/mol. The standard InChI is InChI=1S/C15H20F2N2O/c1-3-11(2)18-4-6-19(7-5-18)15-13(16)8-12(10-20)9-14(15)17/h8-11H,3-7H2,1-2H3. The van der Waals surface area contributed by atoms with E-state index in [1.165, 1.54) is 0 Å². The zero-order valence-electron chi connectivity index (χ0n) is 11.9. The van der Waals surface area contributed by atoms with Gasteiger partial charge in [0.15, 0.2) is 0 Å². The lowest BCUT2D eigenvalue weighted by Gasteiger charge is -2.39. The Balaban J connectivity index is 2.13. The third-order valence-corrected chi connectivity index (χ3v) is 4.02. The normalized spacial score (nSPS) is 18.1. The lowest BCUT2D eigenvalue weighted by atomic mass is 10.1. The lowest BCUT2D eigenvalue weighted by molar-refractivity contribution is 0.112. The molecule has 1 saturated heterocycles. The highest BCUT2D eigenvalue weighted by Gasteiger charge is 2.24. The minimum atomic E-state index is -0.663. The van der Waals surface area contributed by atoms with E-state index in [1.807, 2.05) is 0 Å². The molecule has 0 saturated carbocycles. The van der Waals surface area contributed by atoms with Crippen molar-refractivity contribution in [2.24, 2.45) is 0 Å². The van der Waals surface area contributed by atoms with Gasteiger partial charge in [-0.3, -0.25) is 9.69 Å². The summed E-state index contributed by atoms with van der Waals surface area (Å²) in [5, 5.41) is 0. The van der Waals surface area contributed by atoms with Gasteiger partial charge in [-0.2, -0.15) is 0 Å². The summed E-state index contributed by atoms with van der Waals surface area (Å²) in [6.45, 7) is 7.08. The summed E-state index contributed by atoms with van der Waals surface area (Å²) < 4.78 is 27.9. The van der Waals surface area contributed by atoms with E-state index in [-0.39, 0.29) is 11.3 Å². The highest BCUT2D eigenvalue weighted by atomic mass is 19.1. The van der Waals surface area contributed by atoms with E-state index in [1.54, 1.807) is 4.90 Å². The van der Waals surface area contributed by atoms with Crippen molar-refractivity contribution in [3.63, 3.8) is 0 Å². The summed E-state index contributed by atoms with van der Waals surface area (Å²) in [4.78, 5) is 14.6. The van der Waals surface area contributed by atoms with E-state index in [0.29, 0.717) is 25.4 Å². The zero-order chi connectivity index (χ0) is 14.7. The maximum Gasteiger partial charge on any atom is 0.150 e. The van der Waals surface area contributed by atoms with Crippen molar-refractivity contribution in [3.8, 4) is 0 Å². The highest BCUT2D eigenvalue weighted by Crippen LogP contribution is 2.26. The lowest BCUT2D eigenvalue weighted by Crippen LogP contribution is -2.50. The molecule has 1 aromatic rings. The van der Waals surface area contributed by atoms with Crippen molar-refractivity contribution < 1.29 is 13.6 Å². The number of carbonyl (C=O) groups excluding carboxylic acids is 1. The van der Waals surface area contributed by atoms with Gasteiger partial charge < -0.3 is 4.90 Å². The average Bonchev–Trinajstić information content (AvgIpc) is 2.46. The van der Waals surface area contributed by atoms with E-state index in [4.69, 9.17) is 0 Å². The summed E-state index contributed by atoms with van der Waals surface area (Å²) in [7, 11) is 0. The Morgan fingerprint density at radius 3 is 2.20 bits per heavy atom. The third kappa shape index (κ3) is 2.98. The number of hydrogen-bond donors (Lipinski definition) is 0. The van der Waals surface area contributed by atoms with Crippen LogP contribution in [0, 0.1) is 11.6 Å². The highest BCUT2D eigenvalue weighted by molar-refractivity contribution is 5.76. The Morgan fingerprint density at radius 2 is 1.75 bits per heavy atom. The molecule has 5 heteroatoms. The Bertz CT molecular complexity index is 462. The van der Waals surface area contributed by atoms with E-state index in [2.05, 4.69) is 18.7 Å². The van der Waals surface area contributed by atoms with Crippen LogP contribution in [0.2, 0.25) is 0 Å². The van der Waals surface area contributed by atoms with E-state index < -0.39 is 11.6 Å². The molecule has 0 radical (unpaired) electrons. The van der Waals surface area contributed by atoms with Crippen molar-refractivity contribution in [2.75, 3.05) is 31.1 Å². The van der Waals surface area contributed by atoms with E-state index >= 15 is 0 Å². The SMILES string of the molecule is CCC(C)N1CCN(c2c(F)cc(C=O)cc2F)CC1. The number of hydrogen-bond acceptors (Lipinski definition) is 3. The second-order valence-corrected chi connectivity index (χ2v) is 5.23. The Morgan fingerprint density at radius 1 is 1.20 bits per heavy atom. The molecule has 1 unspecified atom stereocenters. The smallest absolute Gasteiger partial charge is 0.150 e. The summed E-state index contributed by atoms with van der Waals surface area (Å²) in [6.07, 6.45) is 1.52. The molecule has 1 aromatic carbocycles. The van der Waals surface area contributed by atoms with Gasteiger partial charge in [-0.25, -0.2) is 8.78 Å². The summed E-state index contributed by atoms with van der Waals surface area (Å²) in [6, 6.07) is 2.67. The molecule has 1 heterocycles. The summed E-state index contributed by atoms with van der Waals surface area (Å²) >= 11 is 0. The predicted octanol–water partition coefficient (Wildman–Crippen LogP) is 2.70. The number of anilines is 1. The van der Waals surface area contributed by atoms with Gasteiger partial charge in [0, 0.05) is 37.8 Å². The van der Waals surface area contributed by atoms with Crippen LogP contribution in [-0.4, -0.2) is 43.4 Å². The van der Waals surface area contributed by atoms with Crippen LogP contribution in [-0.2, 0) is 0 Å². The van der Waals surface area contributed by atoms with Gasteiger partial charge in [-0.1, -0.05) is 6.92 Å². The molecule has 1 aliphatic heterocycles. The largest absolute Gasteiger partial charge is 0.364 e. The second-order valence-electron chi connectivity index (χ2n) is 5.23. The van der Waals surface area contributed by atoms with Crippen molar-refractivity contribution >= 4 is 12.0 Å². The number of carbonyl (C=O) groups is 1. The molecule has 110 valence electrons. The molecule has 0 N–H and O–H groups in total. The molecule has 2 rings (SSSR count). The Labute approximate surface area is 118 Å². The van der Waals surface area contributed by atoms with E-state index in [0.717, 1.165) is 31.6 Å². The van der Waals surface area contributed by atoms with Gasteiger partial charge >= 0.3 is 0 Å². The number of benzene rings is 1. The molecule has 0 aromatic heterocycles. The first-order valence-corrected chi connectivity index (χ1v) is 7.00.